The van der Waals surface area contributed by atoms with Crippen LogP contribution in [-0.4, -0.2) is 18.4 Å². The lowest BCUT2D eigenvalue weighted by molar-refractivity contribution is -0.137. The Morgan fingerprint density at radius 3 is 2.58 bits per heavy atom. The van der Waals surface area contributed by atoms with E-state index < -0.39 is 17.6 Å². The summed E-state index contributed by atoms with van der Waals surface area (Å²) in [6, 6.07) is 8.85. The number of nitrogens with one attached hydrogen (secondary N) is 1. The van der Waals surface area contributed by atoms with E-state index in [2.05, 4.69) is 5.32 Å². The number of carbonyl (C=O) groups excluding carboxylic acids is 2. The van der Waals surface area contributed by atoms with E-state index in [-0.39, 0.29) is 22.2 Å². The Morgan fingerprint density at radius 1 is 1.15 bits per heavy atom. The number of carbonyl (C=O) groups is 2. The predicted octanol–water partition coefficient (Wildman–Crippen LogP) is 4.74. The minimum Gasteiger partial charge on any atom is -0.321 e. The molecule has 0 atom stereocenters. The second kappa shape index (κ2) is 6.99. The van der Waals surface area contributed by atoms with Gasteiger partial charge in [-0.25, -0.2) is 0 Å². The summed E-state index contributed by atoms with van der Waals surface area (Å²) >= 11 is 6.08. The smallest absolute Gasteiger partial charge is 0.321 e. The maximum absolute atomic E-state index is 12.8. The third kappa shape index (κ3) is 3.83. The molecule has 1 N–H and O–H groups in total. The maximum Gasteiger partial charge on any atom is 0.416 e. The van der Waals surface area contributed by atoms with E-state index in [1.165, 1.54) is 24.3 Å². The number of benzene rings is 2. The second-order valence-corrected chi connectivity index (χ2v) is 6.25. The molecule has 136 valence electrons. The van der Waals surface area contributed by atoms with Crippen molar-refractivity contribution < 1.29 is 22.8 Å². The minimum absolute atomic E-state index is 0.0255. The largest absolute Gasteiger partial charge is 0.416 e. The van der Waals surface area contributed by atoms with Gasteiger partial charge in [-0.05, 0) is 42.8 Å². The van der Waals surface area contributed by atoms with Crippen molar-refractivity contribution in [1.29, 1.82) is 0 Å². The molecule has 0 aromatic heterocycles. The van der Waals surface area contributed by atoms with Crippen molar-refractivity contribution in [3.8, 4) is 0 Å². The summed E-state index contributed by atoms with van der Waals surface area (Å²) in [7, 11) is 0. The number of nitrogens with zero attached hydrogens (tertiary/aromatic N) is 1. The Kier molecular flexibility index (Phi) is 4.91. The average molecular weight is 383 g/mol. The van der Waals surface area contributed by atoms with Crippen molar-refractivity contribution in [2.45, 2.75) is 19.0 Å². The molecule has 2 amide bonds. The molecule has 0 unspecified atom stereocenters. The van der Waals surface area contributed by atoms with Crippen LogP contribution in [0, 0.1) is 0 Å². The van der Waals surface area contributed by atoms with E-state index in [4.69, 9.17) is 11.6 Å². The average Bonchev–Trinajstić information content (AvgIpc) is 3.02. The zero-order chi connectivity index (χ0) is 18.9. The lowest BCUT2D eigenvalue weighted by Gasteiger charge is -2.17. The normalized spacial score (nSPS) is 14.6. The molecule has 0 radical (unpaired) electrons. The summed E-state index contributed by atoms with van der Waals surface area (Å²) in [6.45, 7) is 0.571. The van der Waals surface area contributed by atoms with E-state index in [1.807, 2.05) is 0 Å². The number of hydrogen-bond donors (Lipinski definition) is 1. The first-order chi connectivity index (χ1) is 12.3. The molecule has 1 aliphatic rings. The van der Waals surface area contributed by atoms with Crippen LogP contribution in [0.3, 0.4) is 0 Å². The summed E-state index contributed by atoms with van der Waals surface area (Å²) in [5.74, 6) is -0.745. The van der Waals surface area contributed by atoms with Gasteiger partial charge in [0.1, 0.15) is 0 Å². The number of hydrogen-bond acceptors (Lipinski definition) is 2. The van der Waals surface area contributed by atoms with Gasteiger partial charge in [0.05, 0.1) is 16.3 Å². The predicted molar refractivity (Wildman–Crippen MR) is 92.4 cm³/mol. The van der Waals surface area contributed by atoms with Crippen LogP contribution in [0.2, 0.25) is 5.02 Å². The molecule has 0 aliphatic carbocycles. The molecule has 1 aliphatic heterocycles. The van der Waals surface area contributed by atoms with Gasteiger partial charge in [-0.1, -0.05) is 17.7 Å². The molecular weight excluding hydrogens is 369 g/mol. The molecule has 4 nitrogen and oxygen atoms in total. The minimum atomic E-state index is -4.54. The molecule has 1 saturated heterocycles. The van der Waals surface area contributed by atoms with Crippen molar-refractivity contribution in [3.05, 3.63) is 58.6 Å². The van der Waals surface area contributed by atoms with E-state index in [0.717, 1.165) is 18.6 Å². The van der Waals surface area contributed by atoms with Crippen LogP contribution < -0.4 is 10.2 Å². The molecule has 2 aromatic carbocycles. The SMILES string of the molecule is O=C(Nc1cc(N2CCCC2=O)ccc1Cl)c1cccc(C(F)(F)F)c1. The number of anilines is 2. The van der Waals surface area contributed by atoms with E-state index in [9.17, 15) is 22.8 Å². The zero-order valence-corrected chi connectivity index (χ0v) is 14.2. The highest BCUT2D eigenvalue weighted by Gasteiger charge is 2.31. The van der Waals surface area contributed by atoms with Crippen LogP contribution in [0.25, 0.3) is 0 Å². The highest BCUT2D eigenvalue weighted by molar-refractivity contribution is 6.34. The first-order valence-corrected chi connectivity index (χ1v) is 8.22. The Labute approximate surface area is 152 Å². The Morgan fingerprint density at radius 2 is 1.92 bits per heavy atom. The molecule has 26 heavy (non-hydrogen) atoms. The van der Waals surface area contributed by atoms with Crippen molar-refractivity contribution in [3.63, 3.8) is 0 Å². The van der Waals surface area contributed by atoms with Crippen LogP contribution in [0.15, 0.2) is 42.5 Å². The molecule has 1 fully saturated rings. The first-order valence-electron chi connectivity index (χ1n) is 7.84. The molecule has 8 heteroatoms. The monoisotopic (exact) mass is 382 g/mol. The Balaban J connectivity index is 1.84. The molecule has 1 heterocycles. The zero-order valence-electron chi connectivity index (χ0n) is 13.4. The van der Waals surface area contributed by atoms with Gasteiger partial charge < -0.3 is 10.2 Å². The highest BCUT2D eigenvalue weighted by atomic mass is 35.5. The summed E-state index contributed by atoms with van der Waals surface area (Å²) in [4.78, 5) is 25.7. The van der Waals surface area contributed by atoms with Crippen LogP contribution >= 0.6 is 11.6 Å². The van der Waals surface area contributed by atoms with Crippen LogP contribution in [0.1, 0.15) is 28.8 Å². The number of rotatable bonds is 3. The van der Waals surface area contributed by atoms with Crippen LogP contribution in [0.4, 0.5) is 24.5 Å². The quantitative estimate of drug-likeness (QED) is 0.833. The van der Waals surface area contributed by atoms with Crippen molar-refractivity contribution in [2.75, 3.05) is 16.8 Å². The Bertz CT molecular complexity index is 868. The van der Waals surface area contributed by atoms with Gasteiger partial charge in [-0.15, -0.1) is 0 Å². The fourth-order valence-corrected chi connectivity index (χ4v) is 2.89. The molecular formula is C18H14ClF3N2O2. The van der Waals surface area contributed by atoms with Gasteiger partial charge in [-0.3, -0.25) is 9.59 Å². The first kappa shape index (κ1) is 18.3. The lowest BCUT2D eigenvalue weighted by Crippen LogP contribution is -2.24. The topological polar surface area (TPSA) is 49.4 Å². The van der Waals surface area contributed by atoms with Gasteiger partial charge in [-0.2, -0.15) is 13.2 Å². The molecule has 3 rings (SSSR count). The van der Waals surface area contributed by atoms with E-state index in [0.29, 0.717) is 18.7 Å². The maximum atomic E-state index is 12.8. The van der Waals surface area contributed by atoms with E-state index in [1.54, 1.807) is 11.0 Å². The lowest BCUT2D eigenvalue weighted by atomic mass is 10.1. The highest BCUT2D eigenvalue weighted by Crippen LogP contribution is 2.32. The van der Waals surface area contributed by atoms with Gasteiger partial charge in [0.2, 0.25) is 5.91 Å². The van der Waals surface area contributed by atoms with Crippen LogP contribution in [-0.2, 0) is 11.0 Å². The van der Waals surface area contributed by atoms with Crippen LogP contribution in [0.5, 0.6) is 0 Å². The van der Waals surface area contributed by atoms with Crippen molar-refractivity contribution in [2.24, 2.45) is 0 Å². The second-order valence-electron chi connectivity index (χ2n) is 5.85. The van der Waals surface area contributed by atoms with Crippen molar-refractivity contribution in [1.82, 2.24) is 0 Å². The fourth-order valence-electron chi connectivity index (χ4n) is 2.73. The molecule has 0 bridgehead atoms. The molecule has 2 aromatic rings. The number of halogens is 4. The number of amides is 2. The summed E-state index contributed by atoms with van der Waals surface area (Å²) < 4.78 is 38.4. The summed E-state index contributed by atoms with van der Waals surface area (Å²) in [5, 5.41) is 2.73. The number of alkyl halides is 3. The van der Waals surface area contributed by atoms with E-state index >= 15 is 0 Å². The van der Waals surface area contributed by atoms with Gasteiger partial charge >= 0.3 is 6.18 Å². The third-order valence-electron chi connectivity index (χ3n) is 4.04. The summed E-state index contributed by atoms with van der Waals surface area (Å²) in [5.41, 5.74) is -0.242. The standard InChI is InChI=1S/C18H14ClF3N2O2/c19-14-7-6-13(24-8-2-5-16(24)25)10-15(14)23-17(26)11-3-1-4-12(9-11)18(20,21)22/h1,3-4,6-7,9-10H,2,5,8H2,(H,23,26). The van der Waals surface area contributed by atoms with Gasteiger partial charge in [0.15, 0.2) is 0 Å². The Hall–Kier alpha value is -2.54. The third-order valence-corrected chi connectivity index (χ3v) is 4.36. The van der Waals surface area contributed by atoms with Gasteiger partial charge in [0.25, 0.3) is 5.91 Å². The molecule has 0 spiro atoms. The summed E-state index contributed by atoms with van der Waals surface area (Å²) in [6.07, 6.45) is -3.34. The molecule has 0 saturated carbocycles. The fraction of sp³-hybridized carbons (Fsp3) is 0.222. The van der Waals surface area contributed by atoms with Gasteiger partial charge in [0, 0.05) is 24.2 Å². The van der Waals surface area contributed by atoms with Crippen molar-refractivity contribution >= 4 is 34.8 Å².